The van der Waals surface area contributed by atoms with Gasteiger partial charge in [0.15, 0.2) is 5.84 Å². The summed E-state index contributed by atoms with van der Waals surface area (Å²) in [4.78, 5) is 0. The second-order valence-corrected chi connectivity index (χ2v) is 4.92. The van der Waals surface area contributed by atoms with Crippen LogP contribution >= 0.6 is 0 Å². The van der Waals surface area contributed by atoms with E-state index in [2.05, 4.69) is 9.88 Å². The summed E-state index contributed by atoms with van der Waals surface area (Å²) >= 11 is 0. The second-order valence-electron chi connectivity index (χ2n) is 3.14. The van der Waals surface area contributed by atoms with E-state index in [1.54, 1.807) is 13.8 Å². The van der Waals surface area contributed by atoms with Gasteiger partial charge < -0.3 is 10.9 Å². The summed E-state index contributed by atoms with van der Waals surface area (Å²) < 4.78 is 24.0. The molecule has 0 aliphatic carbocycles. The smallest absolute Gasteiger partial charge is 0.209 e. The number of amidine groups is 1. The van der Waals surface area contributed by atoms with Crippen LogP contribution in [0.25, 0.3) is 0 Å². The van der Waals surface area contributed by atoms with Crippen LogP contribution in [0.4, 0.5) is 0 Å². The zero-order chi connectivity index (χ0) is 10.6. The summed E-state index contributed by atoms with van der Waals surface area (Å²) in [6.45, 7) is 3.53. The monoisotopic (exact) mass is 209 g/mol. The van der Waals surface area contributed by atoms with E-state index >= 15 is 0 Å². The number of nitrogens with zero attached hydrogens (tertiary/aromatic N) is 1. The molecule has 0 aromatic carbocycles. The van der Waals surface area contributed by atoms with Crippen LogP contribution in [0.5, 0.6) is 0 Å². The van der Waals surface area contributed by atoms with Crippen molar-refractivity contribution in [3.8, 4) is 0 Å². The van der Waals surface area contributed by atoms with Crippen molar-refractivity contribution < 1.29 is 13.6 Å². The van der Waals surface area contributed by atoms with Crippen molar-refractivity contribution >= 4 is 15.9 Å². The van der Waals surface area contributed by atoms with Crippen molar-refractivity contribution in [3.63, 3.8) is 0 Å². The lowest BCUT2D eigenvalue weighted by atomic mass is 10.1. The highest BCUT2D eigenvalue weighted by Crippen LogP contribution is 2.02. The maximum Gasteiger partial charge on any atom is 0.209 e. The van der Waals surface area contributed by atoms with Crippen LogP contribution in [-0.2, 0) is 10.0 Å². The molecule has 0 saturated heterocycles. The molecule has 0 radical (unpaired) electrons. The topological polar surface area (TPSA) is 105 Å². The molecule has 0 amide bonds. The van der Waals surface area contributed by atoms with Crippen LogP contribution in [0.2, 0.25) is 0 Å². The van der Waals surface area contributed by atoms with Gasteiger partial charge in [-0.3, -0.25) is 0 Å². The third-order valence-corrected chi connectivity index (χ3v) is 2.12. The van der Waals surface area contributed by atoms with Crippen molar-refractivity contribution in [1.29, 1.82) is 0 Å². The number of rotatable bonds is 4. The molecular weight excluding hydrogens is 194 g/mol. The zero-order valence-corrected chi connectivity index (χ0v) is 8.67. The third-order valence-electron chi connectivity index (χ3n) is 1.44. The van der Waals surface area contributed by atoms with Gasteiger partial charge in [-0.25, -0.2) is 13.1 Å². The van der Waals surface area contributed by atoms with E-state index in [1.807, 2.05) is 0 Å². The molecule has 4 N–H and O–H groups in total. The fraction of sp³-hybridized carbons (Fsp3) is 0.833. The van der Waals surface area contributed by atoms with E-state index in [-0.39, 0.29) is 11.8 Å². The first kappa shape index (κ1) is 12.2. The first-order valence-corrected chi connectivity index (χ1v) is 5.61. The quantitative estimate of drug-likeness (QED) is 0.246. The molecular formula is C6H15N3O3S. The van der Waals surface area contributed by atoms with E-state index in [9.17, 15) is 8.42 Å². The lowest BCUT2D eigenvalue weighted by molar-refractivity contribution is 0.313. The average molecular weight is 209 g/mol. The van der Waals surface area contributed by atoms with Gasteiger partial charge in [0.05, 0.1) is 12.3 Å². The largest absolute Gasteiger partial charge is 0.409 e. The van der Waals surface area contributed by atoms with Crippen molar-refractivity contribution in [3.05, 3.63) is 0 Å². The molecule has 78 valence electrons. The second kappa shape index (κ2) is 4.43. The van der Waals surface area contributed by atoms with Crippen molar-refractivity contribution in [1.82, 2.24) is 4.72 Å². The highest BCUT2D eigenvalue weighted by molar-refractivity contribution is 7.88. The van der Waals surface area contributed by atoms with Gasteiger partial charge in [-0.2, -0.15) is 0 Å². The molecule has 0 fully saturated rings. The van der Waals surface area contributed by atoms with Gasteiger partial charge in [0, 0.05) is 0 Å². The Balaban J connectivity index is 4.65. The predicted octanol–water partition coefficient (Wildman–Crippen LogP) is -0.693. The number of sulfonamides is 1. The summed E-state index contributed by atoms with van der Waals surface area (Å²) in [5, 5.41) is 11.1. The Labute approximate surface area is 77.9 Å². The van der Waals surface area contributed by atoms with Gasteiger partial charge in [-0.05, 0) is 5.92 Å². The van der Waals surface area contributed by atoms with Crippen LogP contribution in [0, 0.1) is 5.92 Å². The zero-order valence-electron chi connectivity index (χ0n) is 7.85. The number of nitrogens with two attached hydrogens (primary N) is 1. The summed E-state index contributed by atoms with van der Waals surface area (Å²) in [6.07, 6.45) is 1.02. The molecule has 0 aromatic rings. The first-order valence-electron chi connectivity index (χ1n) is 3.72. The molecule has 0 aliphatic heterocycles. The van der Waals surface area contributed by atoms with Gasteiger partial charge in [-0.15, -0.1) is 0 Å². The van der Waals surface area contributed by atoms with Crippen molar-refractivity contribution in [2.45, 2.75) is 19.9 Å². The minimum atomic E-state index is -3.35. The molecule has 0 heterocycles. The van der Waals surface area contributed by atoms with Crippen LogP contribution < -0.4 is 10.5 Å². The molecule has 0 aliphatic rings. The Morgan fingerprint density at radius 2 is 2.00 bits per heavy atom. The molecule has 7 heteroatoms. The van der Waals surface area contributed by atoms with Crippen LogP contribution in [0.3, 0.4) is 0 Å². The Kier molecular flexibility index (Phi) is 4.15. The van der Waals surface area contributed by atoms with Crippen LogP contribution in [-0.4, -0.2) is 31.8 Å². The molecule has 0 bridgehead atoms. The molecule has 0 spiro atoms. The number of nitrogens with one attached hydrogen (secondary N) is 1. The van der Waals surface area contributed by atoms with Crippen LogP contribution in [0.15, 0.2) is 5.16 Å². The fourth-order valence-electron chi connectivity index (χ4n) is 0.831. The summed E-state index contributed by atoms with van der Waals surface area (Å²) in [6, 6.07) is -0.667. The SMILES string of the molecule is CC(C)C(NS(C)(=O)=O)C(N)=NO. The number of oxime groups is 1. The third kappa shape index (κ3) is 4.69. The summed E-state index contributed by atoms with van der Waals surface area (Å²) in [5.41, 5.74) is 5.30. The minimum Gasteiger partial charge on any atom is -0.409 e. The molecule has 1 atom stereocenters. The minimum absolute atomic E-state index is 0.0781. The predicted molar refractivity (Wildman–Crippen MR) is 50.0 cm³/mol. The van der Waals surface area contributed by atoms with Gasteiger partial charge in [0.2, 0.25) is 10.0 Å². The number of hydrogen-bond donors (Lipinski definition) is 3. The van der Waals surface area contributed by atoms with Crippen LogP contribution in [0.1, 0.15) is 13.8 Å². The first-order chi connectivity index (χ1) is 5.78. The Morgan fingerprint density at radius 1 is 1.54 bits per heavy atom. The average Bonchev–Trinajstić information content (AvgIpc) is 1.96. The Morgan fingerprint density at radius 3 is 2.23 bits per heavy atom. The van der Waals surface area contributed by atoms with Gasteiger partial charge >= 0.3 is 0 Å². The molecule has 0 aromatic heterocycles. The lowest BCUT2D eigenvalue weighted by Crippen LogP contribution is -2.47. The van der Waals surface area contributed by atoms with Gasteiger partial charge in [0.25, 0.3) is 0 Å². The summed E-state index contributed by atoms with van der Waals surface area (Å²) in [7, 11) is -3.35. The molecule has 6 nitrogen and oxygen atoms in total. The Bertz CT molecular complexity index is 283. The molecule has 1 unspecified atom stereocenters. The van der Waals surface area contributed by atoms with E-state index in [0.717, 1.165) is 6.26 Å². The molecule has 13 heavy (non-hydrogen) atoms. The van der Waals surface area contributed by atoms with Gasteiger partial charge in [-0.1, -0.05) is 19.0 Å². The fourth-order valence-corrected chi connectivity index (χ4v) is 1.68. The highest BCUT2D eigenvalue weighted by Gasteiger charge is 2.21. The standard InChI is InChI=1S/C6H15N3O3S/c1-4(2)5(6(7)8-10)9-13(3,11)12/h4-5,9-10H,1-3H3,(H2,7,8). The molecule has 0 rings (SSSR count). The highest BCUT2D eigenvalue weighted by atomic mass is 32.2. The van der Waals surface area contributed by atoms with E-state index in [0.29, 0.717) is 0 Å². The molecule has 0 saturated carbocycles. The summed E-state index contributed by atoms with van der Waals surface area (Å²) in [5.74, 6) is -0.217. The van der Waals surface area contributed by atoms with E-state index in [1.165, 1.54) is 0 Å². The Hall–Kier alpha value is -0.820. The normalized spacial score (nSPS) is 16.2. The van der Waals surface area contributed by atoms with Gasteiger partial charge in [0.1, 0.15) is 0 Å². The van der Waals surface area contributed by atoms with E-state index in [4.69, 9.17) is 10.9 Å². The lowest BCUT2D eigenvalue weighted by Gasteiger charge is -2.19. The van der Waals surface area contributed by atoms with Crippen molar-refractivity contribution in [2.75, 3.05) is 6.26 Å². The van der Waals surface area contributed by atoms with E-state index < -0.39 is 16.1 Å². The number of hydrogen-bond acceptors (Lipinski definition) is 4. The maximum atomic E-state index is 10.9. The maximum absolute atomic E-state index is 10.9. The van der Waals surface area contributed by atoms with Crippen molar-refractivity contribution in [2.24, 2.45) is 16.8 Å².